The van der Waals surface area contributed by atoms with Crippen LogP contribution in [0.2, 0.25) is 0 Å². The van der Waals surface area contributed by atoms with E-state index < -0.39 is 11.7 Å². The van der Waals surface area contributed by atoms with Gasteiger partial charge in [0.25, 0.3) is 0 Å². The van der Waals surface area contributed by atoms with Gasteiger partial charge < -0.3 is 14.8 Å². The first-order valence-corrected chi connectivity index (χ1v) is 7.23. The van der Waals surface area contributed by atoms with Crippen molar-refractivity contribution in [3.05, 3.63) is 23.8 Å². The number of hydrogen-bond donors (Lipinski definition) is 2. The number of rotatable bonds is 3. The van der Waals surface area contributed by atoms with E-state index >= 15 is 0 Å². The van der Waals surface area contributed by atoms with E-state index in [1.807, 2.05) is 6.07 Å². The highest BCUT2D eigenvalue weighted by Gasteiger charge is 2.26. The van der Waals surface area contributed by atoms with Gasteiger partial charge in [0, 0.05) is 24.6 Å². The topological polar surface area (TPSA) is 76.7 Å². The third kappa shape index (κ3) is 4.13. The van der Waals surface area contributed by atoms with Gasteiger partial charge in [0.2, 0.25) is 5.91 Å². The summed E-state index contributed by atoms with van der Waals surface area (Å²) in [6.07, 6.45) is -0.118. The maximum Gasteiger partial charge on any atom is 0.412 e. The second kappa shape index (κ2) is 6.25. The van der Waals surface area contributed by atoms with E-state index in [9.17, 15) is 9.59 Å². The molecular weight excluding hydrogens is 284 g/mol. The highest BCUT2D eigenvalue weighted by molar-refractivity contribution is 5.87. The Morgan fingerprint density at radius 1 is 1.36 bits per heavy atom. The van der Waals surface area contributed by atoms with Crippen LogP contribution < -0.4 is 15.4 Å². The van der Waals surface area contributed by atoms with Crippen LogP contribution in [0.5, 0.6) is 5.75 Å². The van der Waals surface area contributed by atoms with Crippen LogP contribution in [-0.2, 0) is 9.53 Å². The van der Waals surface area contributed by atoms with Crippen LogP contribution in [0.3, 0.4) is 0 Å². The van der Waals surface area contributed by atoms with Crippen LogP contribution in [0.15, 0.2) is 18.2 Å². The summed E-state index contributed by atoms with van der Waals surface area (Å²) >= 11 is 0. The fourth-order valence-electron chi connectivity index (χ4n) is 2.36. The van der Waals surface area contributed by atoms with Crippen LogP contribution in [0.25, 0.3) is 0 Å². The Kier molecular flexibility index (Phi) is 4.59. The van der Waals surface area contributed by atoms with Gasteiger partial charge in [-0.25, -0.2) is 4.79 Å². The first-order chi connectivity index (χ1) is 10.3. The minimum absolute atomic E-state index is 0.00698. The lowest BCUT2D eigenvalue weighted by molar-refractivity contribution is -0.119. The molecule has 2 amide bonds. The highest BCUT2D eigenvalue weighted by Crippen LogP contribution is 2.33. The van der Waals surface area contributed by atoms with Crippen LogP contribution in [-0.4, -0.2) is 31.3 Å². The third-order valence-corrected chi connectivity index (χ3v) is 3.31. The lowest BCUT2D eigenvalue weighted by Crippen LogP contribution is -2.27. The van der Waals surface area contributed by atoms with Gasteiger partial charge in [-0.15, -0.1) is 0 Å². The summed E-state index contributed by atoms with van der Waals surface area (Å²) in [5.74, 6) is 0.702. The molecule has 1 saturated heterocycles. The Bertz CT molecular complexity index is 578. The fraction of sp³-hybridized carbons (Fsp3) is 0.500. The molecule has 0 saturated carbocycles. The lowest BCUT2D eigenvalue weighted by atomic mass is 9.96. The maximum absolute atomic E-state index is 12.0. The molecule has 1 unspecified atom stereocenters. The maximum atomic E-state index is 12.0. The number of carbonyl (C=O) groups is 2. The molecule has 1 fully saturated rings. The van der Waals surface area contributed by atoms with Gasteiger partial charge in [-0.3, -0.25) is 10.1 Å². The molecule has 0 aliphatic carbocycles. The van der Waals surface area contributed by atoms with Gasteiger partial charge in [-0.1, -0.05) is 0 Å². The number of benzene rings is 1. The third-order valence-electron chi connectivity index (χ3n) is 3.31. The number of ether oxygens (including phenoxy) is 2. The number of methoxy groups -OCH3 is 1. The Labute approximate surface area is 130 Å². The molecule has 6 heteroatoms. The van der Waals surface area contributed by atoms with Crippen molar-refractivity contribution in [2.75, 3.05) is 19.0 Å². The minimum Gasteiger partial charge on any atom is -0.497 e. The summed E-state index contributed by atoms with van der Waals surface area (Å²) < 4.78 is 10.5. The molecular formula is C16H22N2O4. The first kappa shape index (κ1) is 16.1. The molecule has 0 spiro atoms. The van der Waals surface area contributed by atoms with Gasteiger partial charge in [0.1, 0.15) is 11.4 Å². The number of anilines is 1. The van der Waals surface area contributed by atoms with E-state index in [2.05, 4.69) is 10.6 Å². The number of nitrogens with one attached hydrogen (secondary N) is 2. The Morgan fingerprint density at radius 2 is 2.09 bits per heavy atom. The number of hydrogen-bond acceptors (Lipinski definition) is 4. The van der Waals surface area contributed by atoms with E-state index in [0.29, 0.717) is 24.4 Å². The molecule has 1 aromatic rings. The van der Waals surface area contributed by atoms with Gasteiger partial charge in [0.15, 0.2) is 0 Å². The summed E-state index contributed by atoms with van der Waals surface area (Å²) in [7, 11) is 1.58. The Balaban J connectivity index is 2.22. The molecule has 0 aromatic heterocycles. The predicted octanol–water partition coefficient (Wildman–Crippen LogP) is 2.65. The largest absolute Gasteiger partial charge is 0.497 e. The second-order valence-electron chi connectivity index (χ2n) is 6.29. The van der Waals surface area contributed by atoms with Crippen molar-refractivity contribution in [2.45, 2.75) is 38.7 Å². The average molecular weight is 306 g/mol. The summed E-state index contributed by atoms with van der Waals surface area (Å²) in [5, 5.41) is 5.55. The van der Waals surface area contributed by atoms with Gasteiger partial charge in [0.05, 0.1) is 7.11 Å². The molecule has 1 atom stereocenters. The quantitative estimate of drug-likeness (QED) is 0.900. The molecule has 2 rings (SSSR count). The number of carbonyl (C=O) groups excluding carboxylic acids is 2. The monoisotopic (exact) mass is 306 g/mol. The highest BCUT2D eigenvalue weighted by atomic mass is 16.6. The summed E-state index contributed by atoms with van der Waals surface area (Å²) in [5.41, 5.74) is 0.932. The summed E-state index contributed by atoms with van der Waals surface area (Å²) in [4.78, 5) is 23.4. The number of amides is 2. The van der Waals surface area contributed by atoms with Crippen molar-refractivity contribution in [1.82, 2.24) is 5.32 Å². The van der Waals surface area contributed by atoms with Crippen molar-refractivity contribution < 1.29 is 19.1 Å². The van der Waals surface area contributed by atoms with Gasteiger partial charge in [-0.2, -0.15) is 0 Å². The molecule has 0 radical (unpaired) electrons. The molecule has 120 valence electrons. The Hall–Kier alpha value is -2.24. The van der Waals surface area contributed by atoms with Crippen LogP contribution in [0, 0.1) is 0 Å². The van der Waals surface area contributed by atoms with Gasteiger partial charge >= 0.3 is 6.09 Å². The van der Waals surface area contributed by atoms with Crippen LogP contribution in [0.1, 0.15) is 38.7 Å². The lowest BCUT2D eigenvalue weighted by Gasteiger charge is -2.21. The minimum atomic E-state index is -0.568. The van der Waals surface area contributed by atoms with Crippen molar-refractivity contribution in [3.63, 3.8) is 0 Å². The van der Waals surface area contributed by atoms with E-state index in [-0.39, 0.29) is 11.8 Å². The molecule has 1 heterocycles. The molecule has 1 aliphatic heterocycles. The summed E-state index contributed by atoms with van der Waals surface area (Å²) in [6.45, 7) is 5.97. The standard InChI is InChI=1S/C16H22N2O4/c1-16(2,3)22-15(20)18-13-6-5-11(21-4)8-12(13)10-7-14(19)17-9-10/h5-6,8,10H,7,9H2,1-4H3,(H,17,19)(H,18,20). The molecule has 0 bridgehead atoms. The smallest absolute Gasteiger partial charge is 0.412 e. The second-order valence-corrected chi connectivity index (χ2v) is 6.29. The zero-order valence-corrected chi connectivity index (χ0v) is 13.4. The van der Waals surface area contributed by atoms with Crippen molar-refractivity contribution >= 4 is 17.7 Å². The molecule has 6 nitrogen and oxygen atoms in total. The van der Waals surface area contributed by atoms with E-state index in [1.54, 1.807) is 40.0 Å². The van der Waals surface area contributed by atoms with Crippen molar-refractivity contribution in [3.8, 4) is 5.75 Å². The average Bonchev–Trinajstić information content (AvgIpc) is 2.83. The van der Waals surface area contributed by atoms with E-state index in [4.69, 9.17) is 9.47 Å². The fourth-order valence-corrected chi connectivity index (χ4v) is 2.36. The van der Waals surface area contributed by atoms with Crippen LogP contribution in [0.4, 0.5) is 10.5 Å². The normalized spacial score (nSPS) is 17.8. The zero-order valence-electron chi connectivity index (χ0n) is 13.4. The SMILES string of the molecule is COc1ccc(NC(=O)OC(C)(C)C)c(C2CNC(=O)C2)c1. The predicted molar refractivity (Wildman–Crippen MR) is 83.2 cm³/mol. The van der Waals surface area contributed by atoms with Crippen molar-refractivity contribution in [1.29, 1.82) is 0 Å². The van der Waals surface area contributed by atoms with E-state index in [1.165, 1.54) is 0 Å². The zero-order chi connectivity index (χ0) is 16.3. The molecule has 1 aromatic carbocycles. The van der Waals surface area contributed by atoms with E-state index in [0.717, 1.165) is 5.56 Å². The molecule has 1 aliphatic rings. The van der Waals surface area contributed by atoms with Crippen molar-refractivity contribution in [2.24, 2.45) is 0 Å². The summed E-state index contributed by atoms with van der Waals surface area (Å²) in [6, 6.07) is 5.37. The van der Waals surface area contributed by atoms with Crippen LogP contribution >= 0.6 is 0 Å². The van der Waals surface area contributed by atoms with Gasteiger partial charge in [-0.05, 0) is 44.5 Å². The molecule has 22 heavy (non-hydrogen) atoms. The Morgan fingerprint density at radius 3 is 2.64 bits per heavy atom. The molecule has 2 N–H and O–H groups in total. The first-order valence-electron chi connectivity index (χ1n) is 7.23.